The van der Waals surface area contributed by atoms with Crippen LogP contribution in [-0.4, -0.2) is 39.1 Å². The first-order chi connectivity index (χ1) is 12.9. The predicted octanol–water partition coefficient (Wildman–Crippen LogP) is 1.47. The topological polar surface area (TPSA) is 92.8 Å². The second-order valence-corrected chi connectivity index (χ2v) is 7.70. The van der Waals surface area contributed by atoms with Crippen molar-refractivity contribution in [1.82, 2.24) is 9.62 Å². The highest BCUT2D eigenvalue weighted by molar-refractivity contribution is 7.85. The van der Waals surface area contributed by atoms with Crippen LogP contribution >= 0.6 is 0 Å². The molecule has 0 aromatic heterocycles. The molecular formula is C19H20N2O5S. The Kier molecular flexibility index (Phi) is 5.57. The zero-order chi connectivity index (χ0) is 19.4. The summed E-state index contributed by atoms with van der Waals surface area (Å²) in [6.07, 6.45) is 1.83. The Labute approximate surface area is 158 Å². The average molecular weight is 388 g/mol. The Balaban J connectivity index is 1.76. The molecule has 0 saturated heterocycles. The first kappa shape index (κ1) is 19.1. The van der Waals surface area contributed by atoms with Gasteiger partial charge >= 0.3 is 10.3 Å². The van der Waals surface area contributed by atoms with Crippen molar-refractivity contribution >= 4 is 22.5 Å². The van der Waals surface area contributed by atoms with Gasteiger partial charge in [-0.15, -0.1) is 0 Å². The number of nitrogens with zero attached hydrogens (tertiary/aromatic N) is 1. The van der Waals surface area contributed by atoms with Gasteiger partial charge in [-0.25, -0.2) is 0 Å². The standard InChI is InChI=1S/C19H20N2O5S/c1-20-27(24,25)26-18-7-6-15-8-10-21(13-17(15)12-18)19(23)16-4-2-14(3-5-16)9-11-22/h2-7,11-12,20H,8-10,13H2,1H3. The number of benzene rings is 2. The van der Waals surface area contributed by atoms with Crippen LogP contribution in [0, 0.1) is 0 Å². The van der Waals surface area contributed by atoms with Crippen molar-refractivity contribution in [3.63, 3.8) is 0 Å². The molecule has 0 unspecified atom stereocenters. The number of hydrogen-bond donors (Lipinski definition) is 1. The van der Waals surface area contributed by atoms with Gasteiger partial charge in [0, 0.05) is 32.1 Å². The van der Waals surface area contributed by atoms with Crippen LogP contribution in [-0.2, 0) is 34.5 Å². The molecule has 8 heteroatoms. The Hall–Kier alpha value is -2.71. The van der Waals surface area contributed by atoms with Crippen LogP contribution in [0.2, 0.25) is 0 Å². The first-order valence-electron chi connectivity index (χ1n) is 8.48. The SMILES string of the molecule is CNS(=O)(=O)Oc1ccc2c(c1)CN(C(=O)c1ccc(CC=O)cc1)CC2. The van der Waals surface area contributed by atoms with E-state index in [9.17, 15) is 18.0 Å². The summed E-state index contributed by atoms with van der Waals surface area (Å²) in [6.45, 7) is 0.956. The Morgan fingerprint density at radius 3 is 2.59 bits per heavy atom. The van der Waals surface area contributed by atoms with Crippen LogP contribution in [0.25, 0.3) is 0 Å². The lowest BCUT2D eigenvalue weighted by atomic mass is 9.98. The molecule has 0 radical (unpaired) electrons. The van der Waals surface area contributed by atoms with Gasteiger partial charge in [-0.1, -0.05) is 18.2 Å². The fourth-order valence-corrected chi connectivity index (χ4v) is 3.43. The van der Waals surface area contributed by atoms with Crippen LogP contribution in [0.15, 0.2) is 42.5 Å². The van der Waals surface area contributed by atoms with Crippen LogP contribution in [0.3, 0.4) is 0 Å². The molecular weight excluding hydrogens is 368 g/mol. The molecule has 27 heavy (non-hydrogen) atoms. The quantitative estimate of drug-likeness (QED) is 0.757. The van der Waals surface area contributed by atoms with E-state index in [1.807, 2.05) is 6.07 Å². The molecule has 3 rings (SSSR count). The third-order valence-corrected chi connectivity index (χ3v) is 5.36. The highest BCUT2D eigenvalue weighted by atomic mass is 32.2. The lowest BCUT2D eigenvalue weighted by molar-refractivity contribution is -0.107. The Morgan fingerprint density at radius 1 is 1.19 bits per heavy atom. The zero-order valence-electron chi connectivity index (χ0n) is 14.8. The molecule has 1 amide bonds. The van der Waals surface area contributed by atoms with Crippen molar-refractivity contribution in [2.24, 2.45) is 0 Å². The lowest BCUT2D eigenvalue weighted by Crippen LogP contribution is -2.36. The summed E-state index contributed by atoms with van der Waals surface area (Å²) in [7, 11) is -2.56. The number of carbonyl (C=O) groups is 2. The fourth-order valence-electron chi connectivity index (χ4n) is 2.99. The smallest absolute Gasteiger partial charge is 0.371 e. The number of amides is 1. The molecule has 142 valence electrons. The van der Waals surface area contributed by atoms with E-state index in [1.54, 1.807) is 41.3 Å². The van der Waals surface area contributed by atoms with Crippen molar-refractivity contribution in [1.29, 1.82) is 0 Å². The second kappa shape index (κ2) is 7.89. The fraction of sp³-hybridized carbons (Fsp3) is 0.263. The van der Waals surface area contributed by atoms with Gasteiger partial charge in [0.25, 0.3) is 5.91 Å². The van der Waals surface area contributed by atoms with Crippen molar-refractivity contribution < 1.29 is 22.2 Å². The summed E-state index contributed by atoms with van der Waals surface area (Å²) in [5, 5.41) is 0. The molecule has 0 saturated carbocycles. The number of carbonyl (C=O) groups excluding carboxylic acids is 2. The van der Waals surface area contributed by atoms with Gasteiger partial charge < -0.3 is 13.9 Å². The predicted molar refractivity (Wildman–Crippen MR) is 99.7 cm³/mol. The molecule has 0 atom stereocenters. The molecule has 2 aromatic carbocycles. The monoisotopic (exact) mass is 388 g/mol. The van der Waals surface area contributed by atoms with E-state index in [-0.39, 0.29) is 11.7 Å². The average Bonchev–Trinajstić information content (AvgIpc) is 2.67. The van der Waals surface area contributed by atoms with Crippen molar-refractivity contribution in [2.75, 3.05) is 13.6 Å². The van der Waals surface area contributed by atoms with E-state index in [0.717, 1.165) is 23.0 Å². The summed E-state index contributed by atoms with van der Waals surface area (Å²) < 4.78 is 30.2. The minimum atomic E-state index is -3.84. The van der Waals surface area contributed by atoms with Gasteiger partial charge in [0.15, 0.2) is 0 Å². The Bertz CT molecular complexity index is 955. The zero-order valence-corrected chi connectivity index (χ0v) is 15.7. The maximum atomic E-state index is 12.8. The van der Waals surface area contributed by atoms with Gasteiger partial charge in [0.1, 0.15) is 12.0 Å². The van der Waals surface area contributed by atoms with Crippen molar-refractivity contribution in [3.05, 3.63) is 64.7 Å². The normalized spacial score (nSPS) is 13.7. The molecule has 0 aliphatic carbocycles. The maximum absolute atomic E-state index is 12.8. The number of nitrogens with one attached hydrogen (secondary N) is 1. The minimum absolute atomic E-state index is 0.104. The molecule has 0 bridgehead atoms. The van der Waals surface area contributed by atoms with E-state index in [0.29, 0.717) is 31.5 Å². The van der Waals surface area contributed by atoms with Crippen LogP contribution < -0.4 is 8.91 Å². The molecule has 0 spiro atoms. The largest absolute Gasteiger partial charge is 0.382 e. The van der Waals surface area contributed by atoms with E-state index in [2.05, 4.69) is 4.72 Å². The number of aldehydes is 1. The molecule has 1 N–H and O–H groups in total. The van der Waals surface area contributed by atoms with Gasteiger partial charge in [-0.05, 0) is 47.4 Å². The van der Waals surface area contributed by atoms with Crippen LogP contribution in [0.4, 0.5) is 0 Å². The third-order valence-electron chi connectivity index (χ3n) is 4.45. The molecule has 1 aliphatic heterocycles. The van der Waals surface area contributed by atoms with Gasteiger partial charge in [0.05, 0.1) is 0 Å². The van der Waals surface area contributed by atoms with E-state index >= 15 is 0 Å². The third kappa shape index (κ3) is 4.53. The molecule has 7 nitrogen and oxygen atoms in total. The summed E-state index contributed by atoms with van der Waals surface area (Å²) in [4.78, 5) is 25.0. The summed E-state index contributed by atoms with van der Waals surface area (Å²) in [5.41, 5.74) is 3.34. The number of hydrogen-bond acceptors (Lipinski definition) is 5. The first-order valence-corrected chi connectivity index (χ1v) is 9.89. The van der Waals surface area contributed by atoms with E-state index in [1.165, 1.54) is 7.05 Å². The van der Waals surface area contributed by atoms with Gasteiger partial charge in [0.2, 0.25) is 0 Å². The number of fused-ring (bicyclic) bond motifs is 1. The van der Waals surface area contributed by atoms with Crippen LogP contribution in [0.5, 0.6) is 5.75 Å². The van der Waals surface area contributed by atoms with Crippen LogP contribution in [0.1, 0.15) is 27.0 Å². The minimum Gasteiger partial charge on any atom is -0.371 e. The summed E-state index contributed by atoms with van der Waals surface area (Å²) in [6, 6.07) is 12.1. The molecule has 1 aliphatic rings. The summed E-state index contributed by atoms with van der Waals surface area (Å²) >= 11 is 0. The highest BCUT2D eigenvalue weighted by Crippen LogP contribution is 2.25. The maximum Gasteiger partial charge on any atom is 0.382 e. The van der Waals surface area contributed by atoms with E-state index in [4.69, 9.17) is 4.18 Å². The number of rotatable bonds is 6. The van der Waals surface area contributed by atoms with Crippen molar-refractivity contribution in [2.45, 2.75) is 19.4 Å². The highest BCUT2D eigenvalue weighted by Gasteiger charge is 2.23. The molecule has 0 fully saturated rings. The second-order valence-electron chi connectivity index (χ2n) is 6.22. The van der Waals surface area contributed by atoms with Gasteiger partial charge in [-0.3, -0.25) is 4.79 Å². The Morgan fingerprint density at radius 2 is 1.93 bits per heavy atom. The molecule has 2 aromatic rings. The lowest BCUT2D eigenvalue weighted by Gasteiger charge is -2.29. The van der Waals surface area contributed by atoms with Gasteiger partial charge in [-0.2, -0.15) is 13.1 Å². The summed E-state index contributed by atoms with van der Waals surface area (Å²) in [5.74, 6) is 0.100. The van der Waals surface area contributed by atoms with E-state index < -0.39 is 10.3 Å². The molecule has 1 heterocycles. The van der Waals surface area contributed by atoms with Crippen molar-refractivity contribution in [3.8, 4) is 5.75 Å².